The van der Waals surface area contributed by atoms with E-state index in [1.54, 1.807) is 4.70 Å². The number of hydrogen-bond acceptors (Lipinski definition) is 0. The minimum absolute atomic E-state index is 0.972. The fourth-order valence-corrected chi connectivity index (χ4v) is 8.96. The van der Waals surface area contributed by atoms with Crippen LogP contribution in [0.2, 0.25) is 0 Å². The molecule has 0 aromatic heterocycles. The van der Waals surface area contributed by atoms with Crippen molar-refractivity contribution >= 4 is 11.4 Å². The van der Waals surface area contributed by atoms with Gasteiger partial charge in [0.25, 0.3) is 0 Å². The van der Waals surface area contributed by atoms with Gasteiger partial charge in [-0.2, -0.15) is 0 Å². The highest BCUT2D eigenvalue weighted by atomic mass is 15.2. The van der Waals surface area contributed by atoms with Crippen LogP contribution in [0.4, 0.5) is 0 Å². The van der Waals surface area contributed by atoms with Gasteiger partial charge >= 0.3 is 0 Å². The first kappa shape index (κ1) is 48.9. The van der Waals surface area contributed by atoms with Gasteiger partial charge < -0.3 is 5.53 Å². The van der Waals surface area contributed by atoms with Gasteiger partial charge in [-0.25, -0.2) is 4.70 Å². The van der Waals surface area contributed by atoms with E-state index in [9.17, 15) is 5.53 Å². The van der Waals surface area contributed by atoms with Crippen molar-refractivity contribution in [2.24, 2.45) is 0 Å². The summed E-state index contributed by atoms with van der Waals surface area (Å²) in [7, 11) is 0. The molecule has 0 aliphatic carbocycles. The van der Waals surface area contributed by atoms with Gasteiger partial charge in [0.15, 0.2) is 0 Å². The van der Waals surface area contributed by atoms with Crippen LogP contribution in [0.25, 0.3) is 16.9 Å². The lowest BCUT2D eigenvalue weighted by Gasteiger charge is -2.14. The molecule has 1 heterocycles. The highest BCUT2D eigenvalue weighted by Gasteiger charge is 2.29. The molecule has 0 fully saturated rings. The number of unbranched alkanes of at least 4 members (excludes halogenated alkanes) is 24. The van der Waals surface area contributed by atoms with E-state index < -0.39 is 0 Å². The van der Waals surface area contributed by atoms with Crippen molar-refractivity contribution in [3.63, 3.8) is 0 Å². The third kappa shape index (κ3) is 19.9. The first-order chi connectivity index (χ1) is 28.0. The summed E-state index contributed by atoms with van der Waals surface area (Å²) in [5, 5.41) is 0. The van der Waals surface area contributed by atoms with Gasteiger partial charge in [0.1, 0.15) is 0 Å². The summed E-state index contributed by atoms with van der Waals surface area (Å²) < 4.78 is 1.59. The summed E-state index contributed by atoms with van der Waals surface area (Å²) >= 11 is 0. The predicted molar refractivity (Wildman–Crippen MR) is 253 cm³/mol. The zero-order chi connectivity index (χ0) is 40.8. The standard InChI is InChI=1S/C55H90N2/c1-6-11-16-17-18-19-20-21-22-23-24-25-26-27-28-29-30-31-34-39-51-46-54(52-42-47(35-14-9-4)40-49(43-52)37-32-12-7-2)57(56)55(51)53-44-48(36-15-10-5)41-50(45-53)38-33-13-8-3/h40-46H,6-39H2,1-5H3. The SMILES string of the molecule is CCCCCCCCCCCCCCCCCCCCCC1=C(c2cc(CCCC)cc(CCCCC)c2)[N+](=[N-])C(c2cc(CCCC)cc(CCCCC)c2)=C1. The van der Waals surface area contributed by atoms with E-state index >= 15 is 0 Å². The van der Waals surface area contributed by atoms with Gasteiger partial charge in [0.05, 0.1) is 0 Å². The summed E-state index contributed by atoms with van der Waals surface area (Å²) in [6.07, 6.45) is 46.8. The maximum atomic E-state index is 12.2. The lowest BCUT2D eigenvalue weighted by Crippen LogP contribution is -2.05. The van der Waals surface area contributed by atoms with Crippen LogP contribution in [-0.2, 0) is 25.7 Å². The lowest BCUT2D eigenvalue weighted by molar-refractivity contribution is -0.344. The molecule has 0 unspecified atom stereocenters. The fourth-order valence-electron chi connectivity index (χ4n) is 8.96. The van der Waals surface area contributed by atoms with Crippen molar-refractivity contribution in [1.82, 2.24) is 0 Å². The molecule has 0 saturated carbocycles. The molecule has 1 aliphatic heterocycles. The smallest absolute Gasteiger partial charge is 0.210 e. The third-order valence-electron chi connectivity index (χ3n) is 12.6. The van der Waals surface area contributed by atoms with Crippen molar-refractivity contribution in [1.29, 1.82) is 0 Å². The van der Waals surface area contributed by atoms with Crippen molar-refractivity contribution in [3.8, 4) is 0 Å². The van der Waals surface area contributed by atoms with Gasteiger partial charge in [-0.1, -0.05) is 201 Å². The normalized spacial score (nSPS) is 13.0. The Morgan fingerprint density at radius 1 is 0.333 bits per heavy atom. The van der Waals surface area contributed by atoms with Crippen LogP contribution in [-0.4, -0.2) is 4.70 Å². The maximum Gasteiger partial charge on any atom is 0.210 e. The van der Waals surface area contributed by atoms with Crippen molar-refractivity contribution < 1.29 is 4.70 Å². The van der Waals surface area contributed by atoms with Crippen LogP contribution in [0.3, 0.4) is 0 Å². The fraction of sp³-hybridized carbons (Fsp3) is 0.709. The van der Waals surface area contributed by atoms with E-state index in [2.05, 4.69) is 77.1 Å². The van der Waals surface area contributed by atoms with Crippen LogP contribution in [0.15, 0.2) is 48.0 Å². The Morgan fingerprint density at radius 2 is 0.632 bits per heavy atom. The first-order valence-electron chi connectivity index (χ1n) is 25.2. The Balaban J connectivity index is 1.62. The maximum absolute atomic E-state index is 12.2. The molecule has 320 valence electrons. The van der Waals surface area contributed by atoms with Crippen molar-refractivity contribution in [2.45, 2.75) is 253 Å². The second-order valence-corrected chi connectivity index (χ2v) is 18.0. The van der Waals surface area contributed by atoms with Crippen LogP contribution in [0, 0.1) is 0 Å². The Hall–Kier alpha value is -2.48. The van der Waals surface area contributed by atoms with E-state index in [0.717, 1.165) is 43.5 Å². The molecule has 2 aromatic rings. The second kappa shape index (κ2) is 31.4. The number of rotatable bonds is 36. The molecule has 0 bridgehead atoms. The summed E-state index contributed by atoms with van der Waals surface area (Å²) in [6.45, 7) is 11.5. The summed E-state index contributed by atoms with van der Waals surface area (Å²) in [5.41, 5.74) is 23.7. The van der Waals surface area contributed by atoms with Crippen LogP contribution >= 0.6 is 0 Å². The first-order valence-corrected chi connectivity index (χ1v) is 25.2. The van der Waals surface area contributed by atoms with E-state index in [0.29, 0.717) is 0 Å². The Morgan fingerprint density at radius 3 is 1.02 bits per heavy atom. The van der Waals surface area contributed by atoms with E-state index in [1.165, 1.54) is 225 Å². The average molecular weight is 779 g/mol. The Kier molecular flexibility index (Phi) is 27.0. The largest absolute Gasteiger partial charge is 0.493 e. The minimum Gasteiger partial charge on any atom is -0.493 e. The quantitative estimate of drug-likeness (QED) is 0.0486. The van der Waals surface area contributed by atoms with Gasteiger partial charge in [-0.15, -0.1) is 0 Å². The molecular weight excluding hydrogens is 689 g/mol. The monoisotopic (exact) mass is 779 g/mol. The molecule has 0 saturated heterocycles. The van der Waals surface area contributed by atoms with Crippen molar-refractivity contribution in [2.75, 3.05) is 0 Å². The summed E-state index contributed by atoms with van der Waals surface area (Å²) in [4.78, 5) is 0. The molecule has 3 rings (SSSR count). The molecule has 0 radical (unpaired) electrons. The van der Waals surface area contributed by atoms with Crippen LogP contribution < -0.4 is 0 Å². The third-order valence-corrected chi connectivity index (χ3v) is 12.6. The molecule has 0 atom stereocenters. The zero-order valence-electron chi connectivity index (χ0n) is 38.5. The molecule has 2 nitrogen and oxygen atoms in total. The van der Waals surface area contributed by atoms with Crippen molar-refractivity contribution in [3.05, 3.63) is 87.0 Å². The number of aryl methyl sites for hydroxylation is 4. The van der Waals surface area contributed by atoms with Gasteiger partial charge in [0, 0.05) is 22.8 Å². The number of hydrogen-bond donors (Lipinski definition) is 0. The average Bonchev–Trinajstić information content (AvgIpc) is 3.55. The second-order valence-electron chi connectivity index (χ2n) is 18.0. The molecule has 0 spiro atoms. The molecule has 2 heteroatoms. The van der Waals surface area contributed by atoms with Crippen LogP contribution in [0.1, 0.15) is 261 Å². The summed E-state index contributed by atoms with van der Waals surface area (Å²) in [5.74, 6) is 0. The predicted octanol–water partition coefficient (Wildman–Crippen LogP) is 18.5. The number of benzene rings is 2. The molecule has 0 amide bonds. The Labute approximate surface area is 354 Å². The van der Waals surface area contributed by atoms with E-state index in [4.69, 9.17) is 0 Å². The van der Waals surface area contributed by atoms with Gasteiger partial charge in [-0.3, -0.25) is 0 Å². The molecule has 1 aliphatic rings. The van der Waals surface area contributed by atoms with E-state index in [-0.39, 0.29) is 0 Å². The van der Waals surface area contributed by atoms with E-state index in [1.807, 2.05) is 0 Å². The van der Waals surface area contributed by atoms with Gasteiger partial charge in [0.2, 0.25) is 11.4 Å². The lowest BCUT2D eigenvalue weighted by atomic mass is 9.95. The topological polar surface area (TPSA) is 25.3 Å². The molecule has 2 aromatic carbocycles. The minimum atomic E-state index is 0.972. The zero-order valence-corrected chi connectivity index (χ0v) is 38.5. The van der Waals surface area contributed by atoms with Crippen LogP contribution in [0.5, 0.6) is 0 Å². The number of allylic oxidation sites excluding steroid dienone is 2. The molecular formula is C55H90N2. The molecule has 0 N–H and O–H groups in total. The Bertz CT molecular complexity index is 1430. The number of nitrogens with zero attached hydrogens (tertiary/aromatic N) is 2. The van der Waals surface area contributed by atoms with Gasteiger partial charge in [-0.05, 0) is 111 Å². The summed E-state index contributed by atoms with van der Waals surface area (Å²) in [6, 6.07) is 14.5. The molecule has 57 heavy (non-hydrogen) atoms. The highest BCUT2D eigenvalue weighted by molar-refractivity contribution is 5.79. The highest BCUT2D eigenvalue weighted by Crippen LogP contribution is 2.39.